The van der Waals surface area contributed by atoms with E-state index >= 15 is 0 Å². The van der Waals surface area contributed by atoms with Crippen LogP contribution in [0.5, 0.6) is 0 Å². The van der Waals surface area contributed by atoms with E-state index in [1.54, 1.807) is 0 Å². The summed E-state index contributed by atoms with van der Waals surface area (Å²) in [5.74, 6) is 0. The molecule has 0 unspecified atom stereocenters. The average molecular weight is 689 g/mol. The van der Waals surface area contributed by atoms with Crippen molar-refractivity contribution >= 4 is 49.6 Å². The van der Waals surface area contributed by atoms with E-state index < -0.39 is 0 Å². The second-order valence-corrected chi connectivity index (χ2v) is 13.8. The van der Waals surface area contributed by atoms with Gasteiger partial charge in [0.05, 0.1) is 11.0 Å². The van der Waals surface area contributed by atoms with E-state index in [1.165, 1.54) is 60.4 Å². The molecule has 0 atom stereocenters. The molecule has 0 radical (unpaired) electrons. The Hall–Kier alpha value is -7.16. The first-order chi connectivity index (χ1) is 26.8. The van der Waals surface area contributed by atoms with Gasteiger partial charge in [-0.25, -0.2) is 0 Å². The molecule has 10 rings (SSSR count). The van der Waals surface area contributed by atoms with E-state index in [9.17, 15) is 0 Å². The minimum atomic E-state index is 1.10. The van der Waals surface area contributed by atoms with Crippen molar-refractivity contribution in [2.24, 2.45) is 0 Å². The van der Waals surface area contributed by atoms with Crippen LogP contribution in [-0.4, -0.2) is 4.57 Å². The lowest BCUT2D eigenvalue weighted by molar-refractivity contribution is 1.18. The third kappa shape index (κ3) is 5.62. The van der Waals surface area contributed by atoms with Gasteiger partial charge in [0.25, 0.3) is 0 Å². The maximum absolute atomic E-state index is 2.42. The minimum Gasteiger partial charge on any atom is -0.310 e. The van der Waals surface area contributed by atoms with Crippen molar-refractivity contribution in [1.29, 1.82) is 0 Å². The third-order valence-corrected chi connectivity index (χ3v) is 10.6. The standard InChI is InChI=1S/C52H36N2/c1-4-13-37(14-5-1)39-23-26-41(27-24-39)48-21-12-22-50-52(48)49-34-33-47(36-51(49)54(50)45-19-8-3-9-20-45)53(44-17-6-2-7-18-44)46-31-29-40(30-32-46)43-28-25-38-15-10-11-16-42(38)35-43/h1-36H. The van der Waals surface area contributed by atoms with Crippen LogP contribution in [0, 0.1) is 0 Å². The largest absolute Gasteiger partial charge is 0.310 e. The van der Waals surface area contributed by atoms with Gasteiger partial charge in [0, 0.05) is 33.5 Å². The number of rotatable bonds is 7. The fourth-order valence-electron chi connectivity index (χ4n) is 7.96. The molecule has 10 aromatic rings. The number of hydrogen-bond donors (Lipinski definition) is 0. The number of anilines is 3. The lowest BCUT2D eigenvalue weighted by atomic mass is 9.97. The van der Waals surface area contributed by atoms with Gasteiger partial charge < -0.3 is 9.47 Å². The van der Waals surface area contributed by atoms with E-state index in [4.69, 9.17) is 0 Å². The summed E-state index contributed by atoms with van der Waals surface area (Å²) < 4.78 is 2.42. The number of fused-ring (bicyclic) bond motifs is 4. The molecule has 0 aliphatic heterocycles. The summed E-state index contributed by atoms with van der Waals surface area (Å²) in [5.41, 5.74) is 14.1. The number of benzene rings is 9. The number of aromatic nitrogens is 1. The summed E-state index contributed by atoms with van der Waals surface area (Å²) in [6.45, 7) is 0. The van der Waals surface area contributed by atoms with E-state index in [1.807, 2.05) is 0 Å². The van der Waals surface area contributed by atoms with Crippen molar-refractivity contribution in [2.75, 3.05) is 4.90 Å². The van der Waals surface area contributed by atoms with Crippen molar-refractivity contribution in [3.05, 3.63) is 218 Å². The maximum Gasteiger partial charge on any atom is 0.0562 e. The highest BCUT2D eigenvalue weighted by Crippen LogP contribution is 2.43. The molecule has 54 heavy (non-hydrogen) atoms. The second-order valence-electron chi connectivity index (χ2n) is 13.8. The Kier molecular flexibility index (Phi) is 7.85. The number of hydrogen-bond acceptors (Lipinski definition) is 1. The second kappa shape index (κ2) is 13.4. The molecule has 0 fully saturated rings. The predicted octanol–water partition coefficient (Wildman–Crippen LogP) is 14.4. The number of para-hydroxylation sites is 2. The monoisotopic (exact) mass is 688 g/mol. The zero-order valence-electron chi connectivity index (χ0n) is 29.7. The van der Waals surface area contributed by atoms with Crippen molar-refractivity contribution in [3.63, 3.8) is 0 Å². The van der Waals surface area contributed by atoms with Crippen molar-refractivity contribution in [1.82, 2.24) is 4.57 Å². The van der Waals surface area contributed by atoms with Gasteiger partial charge in [-0.05, 0) is 105 Å². The summed E-state index contributed by atoms with van der Waals surface area (Å²) >= 11 is 0. The van der Waals surface area contributed by atoms with Crippen LogP contribution in [0.25, 0.3) is 71.6 Å². The van der Waals surface area contributed by atoms with Crippen LogP contribution >= 0.6 is 0 Å². The fourth-order valence-corrected chi connectivity index (χ4v) is 7.96. The van der Waals surface area contributed by atoms with Gasteiger partial charge in [0.2, 0.25) is 0 Å². The Morgan fingerprint density at radius 1 is 0.315 bits per heavy atom. The minimum absolute atomic E-state index is 1.10. The summed E-state index contributed by atoms with van der Waals surface area (Å²) in [6.07, 6.45) is 0. The van der Waals surface area contributed by atoms with Crippen LogP contribution in [-0.2, 0) is 0 Å². The lowest BCUT2D eigenvalue weighted by Gasteiger charge is -2.26. The first kappa shape index (κ1) is 31.6. The summed E-state index contributed by atoms with van der Waals surface area (Å²) in [4.78, 5) is 2.36. The molecule has 0 saturated carbocycles. The van der Waals surface area contributed by atoms with Gasteiger partial charge in [-0.1, -0.05) is 158 Å². The summed E-state index contributed by atoms with van der Waals surface area (Å²) in [5, 5.41) is 4.98. The molecule has 9 aromatic carbocycles. The fraction of sp³-hybridized carbons (Fsp3) is 0. The van der Waals surface area contributed by atoms with Crippen LogP contribution in [0.3, 0.4) is 0 Å². The van der Waals surface area contributed by atoms with Gasteiger partial charge in [0.15, 0.2) is 0 Å². The normalized spacial score (nSPS) is 11.3. The Labute approximate surface area is 315 Å². The molecule has 0 aliphatic rings. The highest BCUT2D eigenvalue weighted by molar-refractivity contribution is 6.16. The third-order valence-electron chi connectivity index (χ3n) is 10.6. The van der Waals surface area contributed by atoms with Gasteiger partial charge in [-0.2, -0.15) is 0 Å². The van der Waals surface area contributed by atoms with Gasteiger partial charge >= 0.3 is 0 Å². The highest BCUT2D eigenvalue weighted by Gasteiger charge is 2.20. The van der Waals surface area contributed by atoms with Crippen LogP contribution in [0.2, 0.25) is 0 Å². The number of nitrogens with zero attached hydrogens (tertiary/aromatic N) is 2. The first-order valence-corrected chi connectivity index (χ1v) is 18.5. The molecule has 0 N–H and O–H groups in total. The predicted molar refractivity (Wildman–Crippen MR) is 229 cm³/mol. The van der Waals surface area contributed by atoms with Crippen LogP contribution in [0.1, 0.15) is 0 Å². The van der Waals surface area contributed by atoms with Crippen molar-refractivity contribution < 1.29 is 0 Å². The molecule has 1 aromatic heterocycles. The van der Waals surface area contributed by atoms with Crippen molar-refractivity contribution in [3.8, 4) is 39.1 Å². The molecule has 254 valence electrons. The van der Waals surface area contributed by atoms with Crippen LogP contribution in [0.15, 0.2) is 218 Å². The van der Waals surface area contributed by atoms with Crippen molar-refractivity contribution in [2.45, 2.75) is 0 Å². The molecule has 0 amide bonds. The van der Waals surface area contributed by atoms with Gasteiger partial charge in [0.1, 0.15) is 0 Å². The lowest BCUT2D eigenvalue weighted by Crippen LogP contribution is -2.10. The van der Waals surface area contributed by atoms with Crippen LogP contribution < -0.4 is 4.90 Å². The molecule has 0 aliphatic carbocycles. The Morgan fingerprint density at radius 2 is 0.870 bits per heavy atom. The summed E-state index contributed by atoms with van der Waals surface area (Å²) in [7, 11) is 0. The SMILES string of the molecule is c1ccc(-c2ccc(-c3cccc4c3c3ccc(N(c5ccccc5)c5ccc(-c6ccc7ccccc7c6)cc5)cc3n4-c3ccccc3)cc2)cc1. The van der Waals surface area contributed by atoms with Crippen LogP contribution in [0.4, 0.5) is 17.1 Å². The van der Waals surface area contributed by atoms with E-state index in [0.717, 1.165) is 28.3 Å². The van der Waals surface area contributed by atoms with E-state index in [0.29, 0.717) is 0 Å². The van der Waals surface area contributed by atoms with E-state index in [-0.39, 0.29) is 0 Å². The molecule has 2 heteroatoms. The smallest absolute Gasteiger partial charge is 0.0562 e. The molecular weight excluding hydrogens is 653 g/mol. The average Bonchev–Trinajstić information content (AvgIpc) is 3.59. The Bertz CT molecular complexity index is 2890. The highest BCUT2D eigenvalue weighted by atomic mass is 15.1. The summed E-state index contributed by atoms with van der Waals surface area (Å²) in [6, 6.07) is 78.8. The first-order valence-electron chi connectivity index (χ1n) is 18.5. The molecular formula is C52H36N2. The molecule has 0 saturated heterocycles. The zero-order chi connectivity index (χ0) is 35.8. The molecule has 0 bridgehead atoms. The van der Waals surface area contributed by atoms with Gasteiger partial charge in [-0.15, -0.1) is 0 Å². The maximum atomic E-state index is 2.42. The Balaban J connectivity index is 1.13. The van der Waals surface area contributed by atoms with E-state index in [2.05, 4.69) is 228 Å². The topological polar surface area (TPSA) is 8.17 Å². The quantitative estimate of drug-likeness (QED) is 0.162. The van der Waals surface area contributed by atoms with Gasteiger partial charge in [-0.3, -0.25) is 0 Å². The zero-order valence-corrected chi connectivity index (χ0v) is 29.7. The molecule has 1 heterocycles. The molecule has 2 nitrogen and oxygen atoms in total. The Morgan fingerprint density at radius 3 is 1.63 bits per heavy atom. The molecule has 0 spiro atoms.